The molecule has 0 unspecified atom stereocenters. The second-order valence-corrected chi connectivity index (χ2v) is 6.10. The first-order valence-corrected chi connectivity index (χ1v) is 8.53. The van der Waals surface area contributed by atoms with Crippen molar-refractivity contribution in [1.82, 2.24) is 5.32 Å². The number of rotatable bonds is 5. The highest BCUT2D eigenvalue weighted by molar-refractivity contribution is 7.08. The third-order valence-electron chi connectivity index (χ3n) is 3.59. The Bertz CT molecular complexity index is 877. The topological polar surface area (TPSA) is 58.2 Å². The second-order valence-electron chi connectivity index (χ2n) is 5.32. The van der Waals surface area contributed by atoms with E-state index in [0.29, 0.717) is 22.4 Å². The summed E-state index contributed by atoms with van der Waals surface area (Å²) in [6.07, 6.45) is 0. The summed E-state index contributed by atoms with van der Waals surface area (Å²) in [4.78, 5) is 24.1. The molecule has 0 saturated heterocycles. The van der Waals surface area contributed by atoms with Gasteiger partial charge in [0.05, 0.1) is 5.56 Å². The molecule has 6 heteroatoms. The van der Waals surface area contributed by atoms with Crippen molar-refractivity contribution in [3.8, 4) is 0 Å². The Hall–Kier alpha value is -2.99. The van der Waals surface area contributed by atoms with Crippen molar-refractivity contribution >= 4 is 28.8 Å². The van der Waals surface area contributed by atoms with E-state index in [9.17, 15) is 14.0 Å². The van der Waals surface area contributed by atoms with Crippen molar-refractivity contribution in [3.63, 3.8) is 0 Å². The minimum absolute atomic E-state index is 0.113. The summed E-state index contributed by atoms with van der Waals surface area (Å²) in [5, 5.41) is 9.03. The molecule has 4 nitrogen and oxygen atoms in total. The van der Waals surface area contributed by atoms with Gasteiger partial charge in [-0.1, -0.05) is 18.2 Å². The monoisotopic (exact) mass is 354 g/mol. The number of nitrogens with one attached hydrogen (secondary N) is 2. The standard InChI is InChI=1S/C19H15FN2O2S/c20-17-4-2-1-3-14(17)11-21-18(23)13-5-7-16(8-6-13)22-19(24)15-9-10-25-12-15/h1-10,12H,11H2,(H,21,23)(H,22,24). The fourth-order valence-corrected chi connectivity index (χ4v) is 2.86. The number of carbonyl (C=O) groups is 2. The Morgan fingerprint density at radius 3 is 2.36 bits per heavy atom. The number of hydrogen-bond donors (Lipinski definition) is 2. The van der Waals surface area contributed by atoms with Gasteiger partial charge in [0.2, 0.25) is 0 Å². The summed E-state index contributed by atoms with van der Waals surface area (Å²) in [6.45, 7) is 0.113. The van der Waals surface area contributed by atoms with Gasteiger partial charge in [-0.15, -0.1) is 0 Å². The van der Waals surface area contributed by atoms with E-state index in [1.54, 1.807) is 53.9 Å². The normalized spacial score (nSPS) is 10.3. The van der Waals surface area contributed by atoms with Crippen LogP contribution in [0, 0.1) is 5.82 Å². The molecule has 2 N–H and O–H groups in total. The fourth-order valence-electron chi connectivity index (χ4n) is 2.22. The van der Waals surface area contributed by atoms with Crippen molar-refractivity contribution < 1.29 is 14.0 Å². The number of amides is 2. The summed E-state index contributed by atoms with van der Waals surface area (Å²) in [6, 6.07) is 14.6. The summed E-state index contributed by atoms with van der Waals surface area (Å²) < 4.78 is 13.5. The highest BCUT2D eigenvalue weighted by Crippen LogP contribution is 2.13. The quantitative estimate of drug-likeness (QED) is 0.726. The van der Waals surface area contributed by atoms with Crippen LogP contribution in [0.25, 0.3) is 0 Å². The second kappa shape index (κ2) is 7.72. The van der Waals surface area contributed by atoms with Gasteiger partial charge in [0.1, 0.15) is 5.82 Å². The number of anilines is 1. The smallest absolute Gasteiger partial charge is 0.256 e. The van der Waals surface area contributed by atoms with E-state index < -0.39 is 0 Å². The van der Waals surface area contributed by atoms with Crippen molar-refractivity contribution in [2.75, 3.05) is 5.32 Å². The molecule has 25 heavy (non-hydrogen) atoms. The lowest BCUT2D eigenvalue weighted by molar-refractivity contribution is 0.0950. The van der Waals surface area contributed by atoms with Crippen LogP contribution >= 0.6 is 11.3 Å². The molecule has 0 aliphatic carbocycles. The molecule has 0 aliphatic rings. The first-order valence-electron chi connectivity index (χ1n) is 7.59. The molecule has 0 atom stereocenters. The summed E-state index contributed by atoms with van der Waals surface area (Å²) in [5.41, 5.74) is 2.05. The fraction of sp³-hybridized carbons (Fsp3) is 0.0526. The average molecular weight is 354 g/mol. The van der Waals surface area contributed by atoms with Gasteiger partial charge >= 0.3 is 0 Å². The molecule has 0 saturated carbocycles. The van der Waals surface area contributed by atoms with Crippen LogP contribution in [0.4, 0.5) is 10.1 Å². The molecule has 0 aliphatic heterocycles. The number of thiophene rings is 1. The summed E-state index contributed by atoms with van der Waals surface area (Å²) in [7, 11) is 0. The Kier molecular flexibility index (Phi) is 5.20. The predicted molar refractivity (Wildman–Crippen MR) is 96.3 cm³/mol. The van der Waals surface area contributed by atoms with Crippen LogP contribution < -0.4 is 10.6 Å². The van der Waals surface area contributed by atoms with Gasteiger partial charge in [0.25, 0.3) is 11.8 Å². The van der Waals surface area contributed by atoms with Crippen LogP contribution in [-0.4, -0.2) is 11.8 Å². The van der Waals surface area contributed by atoms with Crippen LogP contribution in [0.5, 0.6) is 0 Å². The molecule has 2 aromatic carbocycles. The number of hydrogen-bond acceptors (Lipinski definition) is 3. The van der Waals surface area contributed by atoms with Gasteiger partial charge in [-0.25, -0.2) is 4.39 Å². The maximum absolute atomic E-state index is 13.5. The molecule has 1 heterocycles. The number of halogens is 1. The number of benzene rings is 2. The summed E-state index contributed by atoms with van der Waals surface area (Å²) >= 11 is 1.45. The zero-order chi connectivity index (χ0) is 17.6. The molecule has 0 bridgehead atoms. The van der Waals surface area contributed by atoms with E-state index in [1.165, 1.54) is 17.4 Å². The largest absolute Gasteiger partial charge is 0.348 e. The van der Waals surface area contributed by atoms with Crippen LogP contribution in [0.2, 0.25) is 0 Å². The highest BCUT2D eigenvalue weighted by atomic mass is 32.1. The maximum Gasteiger partial charge on any atom is 0.256 e. The van der Waals surface area contributed by atoms with Gasteiger partial charge in [-0.3, -0.25) is 9.59 Å². The molecule has 2 amide bonds. The maximum atomic E-state index is 13.5. The van der Waals surface area contributed by atoms with Crippen molar-refractivity contribution in [2.45, 2.75) is 6.54 Å². The minimum Gasteiger partial charge on any atom is -0.348 e. The molecule has 0 radical (unpaired) electrons. The van der Waals surface area contributed by atoms with Crippen LogP contribution in [0.3, 0.4) is 0 Å². The lowest BCUT2D eigenvalue weighted by Crippen LogP contribution is -2.23. The zero-order valence-electron chi connectivity index (χ0n) is 13.2. The molecule has 0 spiro atoms. The molecule has 3 rings (SSSR count). The van der Waals surface area contributed by atoms with E-state index in [0.717, 1.165) is 0 Å². The lowest BCUT2D eigenvalue weighted by atomic mass is 10.1. The average Bonchev–Trinajstić information content (AvgIpc) is 3.16. The minimum atomic E-state index is -0.353. The molecular formula is C19H15FN2O2S. The van der Waals surface area contributed by atoms with E-state index in [-0.39, 0.29) is 24.2 Å². The van der Waals surface area contributed by atoms with E-state index in [4.69, 9.17) is 0 Å². The van der Waals surface area contributed by atoms with Crippen molar-refractivity contribution in [1.29, 1.82) is 0 Å². The Balaban J connectivity index is 1.59. The molecule has 126 valence electrons. The van der Waals surface area contributed by atoms with Crippen LogP contribution in [0.15, 0.2) is 65.4 Å². The van der Waals surface area contributed by atoms with Crippen molar-refractivity contribution in [2.24, 2.45) is 0 Å². The third-order valence-corrected chi connectivity index (χ3v) is 4.27. The Labute approximate surface area is 148 Å². The van der Waals surface area contributed by atoms with Gasteiger partial charge in [0, 0.05) is 28.7 Å². The molecule has 1 aromatic heterocycles. The van der Waals surface area contributed by atoms with Crippen molar-refractivity contribution in [3.05, 3.63) is 87.9 Å². The molecule has 3 aromatic rings. The van der Waals surface area contributed by atoms with Gasteiger partial charge < -0.3 is 10.6 Å². The van der Waals surface area contributed by atoms with Crippen LogP contribution in [-0.2, 0) is 6.54 Å². The highest BCUT2D eigenvalue weighted by Gasteiger charge is 2.09. The van der Waals surface area contributed by atoms with E-state index >= 15 is 0 Å². The molecular weight excluding hydrogens is 339 g/mol. The first-order chi connectivity index (χ1) is 12.1. The Morgan fingerprint density at radius 1 is 0.920 bits per heavy atom. The van der Waals surface area contributed by atoms with Crippen LogP contribution in [0.1, 0.15) is 26.3 Å². The summed E-state index contributed by atoms with van der Waals surface area (Å²) in [5.74, 6) is -0.855. The van der Waals surface area contributed by atoms with Gasteiger partial charge in [-0.05, 0) is 41.8 Å². The third kappa shape index (κ3) is 4.30. The SMILES string of the molecule is O=C(NCc1ccccc1F)c1ccc(NC(=O)c2ccsc2)cc1. The Morgan fingerprint density at radius 2 is 1.68 bits per heavy atom. The van der Waals surface area contributed by atoms with Gasteiger partial charge in [-0.2, -0.15) is 11.3 Å². The lowest BCUT2D eigenvalue weighted by Gasteiger charge is -2.08. The van der Waals surface area contributed by atoms with E-state index in [1.807, 2.05) is 5.38 Å². The van der Waals surface area contributed by atoms with Gasteiger partial charge in [0.15, 0.2) is 0 Å². The number of carbonyl (C=O) groups excluding carboxylic acids is 2. The first kappa shape index (κ1) is 16.9. The molecule has 0 fully saturated rings. The van der Waals surface area contributed by atoms with E-state index in [2.05, 4.69) is 10.6 Å². The predicted octanol–water partition coefficient (Wildman–Crippen LogP) is 4.07. The zero-order valence-corrected chi connectivity index (χ0v) is 14.0.